The van der Waals surface area contributed by atoms with Gasteiger partial charge in [0.25, 0.3) is 0 Å². The number of nitrogens with zero attached hydrogens (tertiary/aromatic N) is 1. The van der Waals surface area contributed by atoms with Crippen LogP contribution in [0.15, 0.2) is 66.7 Å². The fourth-order valence-corrected chi connectivity index (χ4v) is 6.83. The van der Waals surface area contributed by atoms with Crippen molar-refractivity contribution in [3.05, 3.63) is 77.9 Å². The molecule has 2 aliphatic heterocycles. The van der Waals surface area contributed by atoms with Crippen LogP contribution < -0.4 is 38.1 Å². The summed E-state index contributed by atoms with van der Waals surface area (Å²) in [6.07, 6.45) is 1.47. The average molecular weight is 757 g/mol. The highest BCUT2D eigenvalue weighted by atomic mass is 16.3. The van der Waals surface area contributed by atoms with Crippen LogP contribution in [-0.4, -0.2) is 101 Å². The number of carbonyl (C=O) groups excluding carboxylic acids is 7. The zero-order valence-corrected chi connectivity index (χ0v) is 30.4. The summed E-state index contributed by atoms with van der Waals surface area (Å²) in [4.78, 5) is 94.3. The third-order valence-electron chi connectivity index (χ3n) is 9.80. The van der Waals surface area contributed by atoms with Crippen molar-refractivity contribution < 1.29 is 38.7 Å². The van der Waals surface area contributed by atoms with Gasteiger partial charge >= 0.3 is 0 Å². The lowest BCUT2D eigenvalue weighted by Gasteiger charge is -2.29. The second kappa shape index (κ2) is 18.8. The number of phenols is 1. The maximum absolute atomic E-state index is 14.0. The van der Waals surface area contributed by atoms with E-state index in [0.29, 0.717) is 36.8 Å². The van der Waals surface area contributed by atoms with Gasteiger partial charge in [-0.25, -0.2) is 0 Å². The molecule has 0 aromatic heterocycles. The van der Waals surface area contributed by atoms with Crippen LogP contribution in [0.2, 0.25) is 0 Å². The second-order valence-corrected chi connectivity index (χ2v) is 14.0. The topological polar surface area (TPSA) is 255 Å². The third kappa shape index (κ3) is 11.2. The Hall–Kier alpha value is -6.03. The Balaban J connectivity index is 1.35. The molecule has 0 saturated carbocycles. The first-order valence-electron chi connectivity index (χ1n) is 18.4. The molecule has 0 bridgehead atoms. The number of nitrogens with one attached hydrogen (secondary N) is 5. The highest BCUT2D eigenvalue weighted by Crippen LogP contribution is 2.20. The number of benzene rings is 3. The van der Waals surface area contributed by atoms with Gasteiger partial charge in [0.05, 0.1) is 19.0 Å². The highest BCUT2D eigenvalue weighted by molar-refractivity contribution is 5.97. The Morgan fingerprint density at radius 1 is 0.836 bits per heavy atom. The SMILES string of the molecule is NC(=O)[C@@H]1CCCN1C(=O)[C@H]1CC(=O)NCCCC[C@@H](NC(=O)[C@@H](N)Cc2ccc(O)cc2)C(=O)NCC(=O)N[C@@H](Cc2ccc3ccccc3c2)C(=O)N1. The number of likely N-dealkylation sites (tertiary alicyclic amines) is 1. The Kier molecular flexibility index (Phi) is 13.7. The van der Waals surface area contributed by atoms with E-state index in [2.05, 4.69) is 26.6 Å². The van der Waals surface area contributed by atoms with Crippen LogP contribution in [0.1, 0.15) is 49.7 Å². The van der Waals surface area contributed by atoms with Gasteiger partial charge in [-0.05, 0) is 72.6 Å². The fraction of sp³-hybridized carbons (Fsp3) is 0.410. The summed E-state index contributed by atoms with van der Waals surface area (Å²) >= 11 is 0. The van der Waals surface area contributed by atoms with Crippen molar-refractivity contribution in [1.29, 1.82) is 0 Å². The molecule has 2 heterocycles. The molecule has 2 fully saturated rings. The van der Waals surface area contributed by atoms with Crippen LogP contribution in [0.25, 0.3) is 10.8 Å². The molecule has 2 saturated heterocycles. The summed E-state index contributed by atoms with van der Waals surface area (Å²) in [5, 5.41) is 24.7. The quantitative estimate of drug-likeness (QED) is 0.146. The van der Waals surface area contributed by atoms with E-state index in [1.165, 1.54) is 17.0 Å². The normalized spacial score (nSPS) is 22.4. The number of nitrogens with two attached hydrogens (primary N) is 2. The zero-order valence-electron chi connectivity index (χ0n) is 30.4. The lowest BCUT2D eigenvalue weighted by atomic mass is 10.0. The van der Waals surface area contributed by atoms with Crippen LogP contribution >= 0.6 is 0 Å². The van der Waals surface area contributed by atoms with E-state index >= 15 is 0 Å². The monoisotopic (exact) mass is 756 g/mol. The molecule has 2 aliphatic rings. The minimum Gasteiger partial charge on any atom is -0.508 e. The van der Waals surface area contributed by atoms with E-state index in [-0.39, 0.29) is 38.1 Å². The van der Waals surface area contributed by atoms with Crippen LogP contribution in [0.5, 0.6) is 5.75 Å². The van der Waals surface area contributed by atoms with Crippen LogP contribution in [0.3, 0.4) is 0 Å². The molecule has 16 heteroatoms. The first-order valence-corrected chi connectivity index (χ1v) is 18.4. The largest absolute Gasteiger partial charge is 0.508 e. The standard InChI is InChI=1S/C39H48N8O8/c40-28(19-23-11-14-27(48)15-12-23)36(52)45-29-8-3-4-16-42-33(49)21-31(39(55)47-17-5-9-32(47)35(41)51)46-38(54)30(44-34(50)22-43-37(29)53)20-24-10-13-25-6-1-2-7-26(25)18-24/h1-2,6-7,10-15,18,28-32,48H,3-5,8-9,16-17,19-22,40H2,(H2,41,51)(H,42,49)(H,43,53)(H,44,50)(H,45,52)(H,46,54)/t28-,29+,30-,31+,32-/m0/s1. The number of fused-ring (bicyclic) bond motifs is 1. The molecule has 10 N–H and O–H groups in total. The van der Waals surface area contributed by atoms with Crippen molar-refractivity contribution in [1.82, 2.24) is 31.5 Å². The minimum absolute atomic E-state index is 0.00527. The summed E-state index contributed by atoms with van der Waals surface area (Å²) < 4.78 is 0. The summed E-state index contributed by atoms with van der Waals surface area (Å²) in [6, 6.07) is 13.8. The molecule has 16 nitrogen and oxygen atoms in total. The fourth-order valence-electron chi connectivity index (χ4n) is 6.83. The summed E-state index contributed by atoms with van der Waals surface area (Å²) in [5.74, 6) is -4.55. The van der Waals surface area contributed by atoms with Gasteiger partial charge in [-0.2, -0.15) is 0 Å². The maximum atomic E-state index is 14.0. The number of amides is 7. The predicted octanol–water partition coefficient (Wildman–Crippen LogP) is -0.605. The second-order valence-electron chi connectivity index (χ2n) is 14.0. The molecule has 3 aromatic rings. The van der Waals surface area contributed by atoms with Crippen molar-refractivity contribution in [3.63, 3.8) is 0 Å². The summed E-state index contributed by atoms with van der Waals surface area (Å²) in [7, 11) is 0. The molecule has 5 rings (SSSR count). The number of carbonyl (C=O) groups is 7. The molecular formula is C39H48N8O8. The number of primary amides is 1. The molecule has 0 unspecified atom stereocenters. The number of aromatic hydroxyl groups is 1. The molecular weight excluding hydrogens is 708 g/mol. The van der Waals surface area contributed by atoms with Crippen molar-refractivity contribution in [2.24, 2.45) is 11.5 Å². The van der Waals surface area contributed by atoms with Crippen LogP contribution in [0.4, 0.5) is 0 Å². The molecule has 5 atom stereocenters. The Bertz CT molecular complexity index is 1900. The van der Waals surface area contributed by atoms with Crippen LogP contribution in [-0.2, 0) is 46.4 Å². The molecule has 0 spiro atoms. The average Bonchev–Trinajstić information content (AvgIpc) is 3.67. The lowest BCUT2D eigenvalue weighted by molar-refractivity contribution is -0.142. The highest BCUT2D eigenvalue weighted by Gasteiger charge is 2.38. The smallest absolute Gasteiger partial charge is 0.246 e. The number of rotatable bonds is 8. The zero-order chi connectivity index (χ0) is 39.5. The Morgan fingerprint density at radius 3 is 2.31 bits per heavy atom. The first kappa shape index (κ1) is 40.2. The van der Waals surface area contributed by atoms with Crippen molar-refractivity contribution >= 4 is 52.1 Å². The van der Waals surface area contributed by atoms with Crippen molar-refractivity contribution in [3.8, 4) is 5.75 Å². The molecule has 55 heavy (non-hydrogen) atoms. The van der Waals surface area contributed by atoms with E-state index < -0.39 is 84.5 Å². The molecule has 3 aromatic carbocycles. The van der Waals surface area contributed by atoms with Gasteiger partial charge in [0.15, 0.2) is 0 Å². The Labute approximate surface area is 318 Å². The number of hydrogen-bond donors (Lipinski definition) is 8. The van der Waals surface area contributed by atoms with Crippen molar-refractivity contribution in [2.45, 2.75) is 81.6 Å². The predicted molar refractivity (Wildman–Crippen MR) is 202 cm³/mol. The molecule has 7 amide bonds. The van der Waals surface area contributed by atoms with E-state index in [0.717, 1.165) is 10.8 Å². The summed E-state index contributed by atoms with van der Waals surface area (Å²) in [6.45, 7) is -0.159. The third-order valence-corrected chi connectivity index (χ3v) is 9.80. The van der Waals surface area contributed by atoms with Crippen LogP contribution in [0, 0.1) is 0 Å². The van der Waals surface area contributed by atoms with E-state index in [4.69, 9.17) is 11.5 Å². The van der Waals surface area contributed by atoms with Gasteiger partial charge in [0.1, 0.15) is 29.9 Å². The maximum Gasteiger partial charge on any atom is 0.246 e. The van der Waals surface area contributed by atoms with Gasteiger partial charge in [-0.3, -0.25) is 33.6 Å². The van der Waals surface area contributed by atoms with E-state index in [1.807, 2.05) is 42.5 Å². The van der Waals surface area contributed by atoms with Crippen molar-refractivity contribution in [2.75, 3.05) is 19.6 Å². The van der Waals surface area contributed by atoms with E-state index in [9.17, 15) is 38.7 Å². The van der Waals surface area contributed by atoms with Gasteiger partial charge in [-0.15, -0.1) is 0 Å². The van der Waals surface area contributed by atoms with Gasteiger partial charge < -0.3 is 48.1 Å². The molecule has 292 valence electrons. The van der Waals surface area contributed by atoms with Gasteiger partial charge in [0, 0.05) is 19.5 Å². The Morgan fingerprint density at radius 2 is 1.56 bits per heavy atom. The van der Waals surface area contributed by atoms with Gasteiger partial charge in [-0.1, -0.05) is 54.6 Å². The van der Waals surface area contributed by atoms with Gasteiger partial charge in [0.2, 0.25) is 41.4 Å². The molecule has 0 aliphatic carbocycles. The number of hydrogen-bond acceptors (Lipinski definition) is 9. The number of phenolic OH excluding ortho intramolecular Hbond substituents is 1. The molecule has 0 radical (unpaired) electrons. The lowest BCUT2D eigenvalue weighted by Crippen LogP contribution is -2.58. The minimum atomic E-state index is -1.37. The first-order chi connectivity index (χ1) is 26.4. The summed E-state index contributed by atoms with van der Waals surface area (Å²) in [5.41, 5.74) is 13.1. The van der Waals surface area contributed by atoms with E-state index in [1.54, 1.807) is 12.1 Å².